The highest BCUT2D eigenvalue weighted by Crippen LogP contribution is 2.34. The molecule has 2 aromatic heterocycles. The van der Waals surface area contributed by atoms with Gasteiger partial charge in [-0.15, -0.1) is 22.7 Å². The smallest absolute Gasteiger partial charge is 0.258 e. The van der Waals surface area contributed by atoms with Crippen LogP contribution in [0.5, 0.6) is 0 Å². The van der Waals surface area contributed by atoms with E-state index in [2.05, 4.69) is 11.4 Å². The first-order chi connectivity index (χ1) is 8.93. The van der Waals surface area contributed by atoms with E-state index in [1.807, 2.05) is 13.8 Å². The zero-order chi connectivity index (χ0) is 14.2. The van der Waals surface area contributed by atoms with Gasteiger partial charge in [0, 0.05) is 4.88 Å². The topological polar surface area (TPSA) is 52.9 Å². The van der Waals surface area contributed by atoms with Crippen molar-refractivity contribution < 1.29 is 4.79 Å². The zero-order valence-corrected chi connectivity index (χ0v) is 13.2. The van der Waals surface area contributed by atoms with Gasteiger partial charge in [0.1, 0.15) is 15.4 Å². The van der Waals surface area contributed by atoms with E-state index in [0.29, 0.717) is 24.8 Å². The van der Waals surface area contributed by atoms with Gasteiger partial charge in [-0.3, -0.25) is 4.79 Å². The Hall–Kier alpha value is -1.06. The molecule has 2 heterocycles. The Morgan fingerprint density at radius 1 is 1.37 bits per heavy atom. The fourth-order valence-corrected chi connectivity index (χ4v) is 3.98. The molecule has 0 saturated carbocycles. The van der Waals surface area contributed by atoms with Crippen LogP contribution in [-0.4, -0.2) is 5.91 Å². The molecule has 1 amide bonds. The average molecular weight is 331 g/mol. The molecule has 0 spiro atoms. The van der Waals surface area contributed by atoms with Crippen molar-refractivity contribution in [2.24, 2.45) is 0 Å². The summed E-state index contributed by atoms with van der Waals surface area (Å²) in [5.74, 6) is -0.356. The number of hydrogen-bond acceptors (Lipinski definition) is 4. The Bertz CT molecular complexity index is 697. The molecule has 3 nitrogen and oxygen atoms in total. The van der Waals surface area contributed by atoms with Gasteiger partial charge in [0.05, 0.1) is 15.5 Å². The van der Waals surface area contributed by atoms with Crippen molar-refractivity contribution >= 4 is 56.8 Å². The van der Waals surface area contributed by atoms with Crippen LogP contribution >= 0.6 is 45.9 Å². The number of carbonyl (C=O) groups is 1. The van der Waals surface area contributed by atoms with Crippen molar-refractivity contribution in [3.8, 4) is 6.07 Å². The molecule has 0 radical (unpaired) electrons. The molecule has 19 heavy (non-hydrogen) atoms. The lowest BCUT2D eigenvalue weighted by Crippen LogP contribution is -2.11. The van der Waals surface area contributed by atoms with Crippen LogP contribution in [0.2, 0.25) is 8.67 Å². The van der Waals surface area contributed by atoms with Crippen molar-refractivity contribution in [2.75, 3.05) is 5.32 Å². The lowest BCUT2D eigenvalue weighted by molar-refractivity contribution is 0.102. The second-order valence-corrected chi connectivity index (χ2v) is 7.30. The maximum atomic E-state index is 12.1. The number of rotatable bonds is 2. The Kier molecular flexibility index (Phi) is 4.16. The van der Waals surface area contributed by atoms with Crippen molar-refractivity contribution in [3.05, 3.63) is 36.3 Å². The number of nitrogens with one attached hydrogen (secondary N) is 1. The molecule has 0 unspecified atom stereocenters. The fourth-order valence-electron chi connectivity index (χ4n) is 1.52. The van der Waals surface area contributed by atoms with Gasteiger partial charge in [-0.25, -0.2) is 0 Å². The largest absolute Gasteiger partial charge is 0.312 e. The molecule has 0 fully saturated rings. The number of amides is 1. The summed E-state index contributed by atoms with van der Waals surface area (Å²) in [6.07, 6.45) is 0. The first-order valence-electron chi connectivity index (χ1n) is 5.20. The van der Waals surface area contributed by atoms with Crippen LogP contribution in [0.3, 0.4) is 0 Å². The van der Waals surface area contributed by atoms with Crippen LogP contribution in [0.25, 0.3) is 0 Å². The molecule has 98 valence electrons. The highest BCUT2D eigenvalue weighted by Gasteiger charge is 2.18. The van der Waals surface area contributed by atoms with E-state index < -0.39 is 0 Å². The minimum absolute atomic E-state index is 0.323. The maximum absolute atomic E-state index is 12.1. The quantitative estimate of drug-likeness (QED) is 0.854. The molecule has 2 aromatic rings. The number of carbonyl (C=O) groups excluding carboxylic acids is 1. The van der Waals surface area contributed by atoms with E-state index in [4.69, 9.17) is 28.5 Å². The zero-order valence-electron chi connectivity index (χ0n) is 10.0. The predicted octanol–water partition coefficient (Wildman–Crippen LogP) is 4.86. The second kappa shape index (κ2) is 5.51. The summed E-state index contributed by atoms with van der Waals surface area (Å²) >= 11 is 14.2. The van der Waals surface area contributed by atoms with E-state index in [9.17, 15) is 4.79 Å². The van der Waals surface area contributed by atoms with Gasteiger partial charge in [0.2, 0.25) is 0 Å². The van der Waals surface area contributed by atoms with Crippen LogP contribution in [-0.2, 0) is 0 Å². The third-order valence-corrected chi connectivity index (χ3v) is 5.24. The van der Waals surface area contributed by atoms with Gasteiger partial charge in [-0.1, -0.05) is 23.2 Å². The molecular formula is C12H8Cl2N2OS2. The molecular weight excluding hydrogens is 323 g/mol. The highest BCUT2D eigenvalue weighted by atomic mass is 35.5. The molecule has 7 heteroatoms. The molecule has 0 aliphatic rings. The van der Waals surface area contributed by atoms with Gasteiger partial charge < -0.3 is 5.32 Å². The maximum Gasteiger partial charge on any atom is 0.258 e. The van der Waals surface area contributed by atoms with Gasteiger partial charge in [-0.05, 0) is 25.5 Å². The van der Waals surface area contributed by atoms with E-state index in [1.165, 1.54) is 17.4 Å². The number of anilines is 1. The van der Waals surface area contributed by atoms with Crippen molar-refractivity contribution in [2.45, 2.75) is 13.8 Å². The first kappa shape index (κ1) is 14.4. The summed E-state index contributed by atoms with van der Waals surface area (Å²) in [5.41, 5.74) is 1.70. The number of nitrogens with zero attached hydrogens (tertiary/aromatic N) is 1. The monoisotopic (exact) mass is 330 g/mol. The SMILES string of the molecule is Cc1sc(NC(=O)c2cc(Cl)sc2Cl)c(C#N)c1C. The van der Waals surface area contributed by atoms with E-state index in [0.717, 1.165) is 21.8 Å². The molecule has 0 atom stereocenters. The van der Waals surface area contributed by atoms with Crippen molar-refractivity contribution in [3.63, 3.8) is 0 Å². The third kappa shape index (κ3) is 2.77. The van der Waals surface area contributed by atoms with Crippen molar-refractivity contribution in [1.82, 2.24) is 0 Å². The predicted molar refractivity (Wildman–Crippen MR) is 80.8 cm³/mol. The minimum Gasteiger partial charge on any atom is -0.312 e. The van der Waals surface area contributed by atoms with Crippen molar-refractivity contribution in [1.29, 1.82) is 5.26 Å². The molecule has 0 bridgehead atoms. The summed E-state index contributed by atoms with van der Waals surface area (Å²) < 4.78 is 0.792. The fraction of sp³-hybridized carbons (Fsp3) is 0.167. The normalized spacial score (nSPS) is 10.3. The number of aryl methyl sites for hydroxylation is 1. The lowest BCUT2D eigenvalue weighted by atomic mass is 10.2. The van der Waals surface area contributed by atoms with Gasteiger partial charge in [-0.2, -0.15) is 5.26 Å². The number of hydrogen-bond donors (Lipinski definition) is 1. The number of thiophene rings is 2. The number of halogens is 2. The van der Waals surface area contributed by atoms with E-state index in [1.54, 1.807) is 0 Å². The average Bonchev–Trinajstić information content (AvgIpc) is 2.80. The lowest BCUT2D eigenvalue weighted by Gasteiger charge is -2.01. The summed E-state index contributed by atoms with van der Waals surface area (Å²) in [5, 5.41) is 12.4. The Morgan fingerprint density at radius 3 is 2.58 bits per heavy atom. The Morgan fingerprint density at radius 2 is 2.05 bits per heavy atom. The molecule has 0 saturated heterocycles. The van der Waals surface area contributed by atoms with Gasteiger partial charge >= 0.3 is 0 Å². The van der Waals surface area contributed by atoms with Gasteiger partial charge in [0.25, 0.3) is 5.91 Å². The summed E-state index contributed by atoms with van der Waals surface area (Å²) in [4.78, 5) is 13.1. The summed E-state index contributed by atoms with van der Waals surface area (Å²) in [6.45, 7) is 3.76. The number of nitriles is 1. The molecule has 2 rings (SSSR count). The van der Waals surface area contributed by atoms with Crippen LogP contribution in [0.4, 0.5) is 5.00 Å². The van der Waals surface area contributed by atoms with Crippen LogP contribution in [0.15, 0.2) is 6.07 Å². The standard InChI is InChI=1S/C12H8Cl2N2OS2/c1-5-6(2)18-12(8(5)4-15)16-11(17)7-3-9(13)19-10(7)14/h3H,1-2H3,(H,16,17). The van der Waals surface area contributed by atoms with E-state index in [-0.39, 0.29) is 5.91 Å². The van der Waals surface area contributed by atoms with Gasteiger partial charge in [0.15, 0.2) is 0 Å². The molecule has 0 aliphatic carbocycles. The second-order valence-electron chi connectivity index (χ2n) is 3.79. The first-order valence-corrected chi connectivity index (χ1v) is 7.59. The van der Waals surface area contributed by atoms with Crippen LogP contribution in [0.1, 0.15) is 26.4 Å². The Labute approximate surface area is 128 Å². The Balaban J connectivity index is 2.32. The molecule has 0 aliphatic heterocycles. The van der Waals surface area contributed by atoms with Crippen LogP contribution < -0.4 is 5.32 Å². The summed E-state index contributed by atoms with van der Waals surface area (Å²) in [6, 6.07) is 3.62. The molecule has 0 aromatic carbocycles. The molecule has 1 N–H and O–H groups in total. The van der Waals surface area contributed by atoms with Crippen LogP contribution in [0, 0.1) is 25.2 Å². The minimum atomic E-state index is -0.356. The third-order valence-electron chi connectivity index (χ3n) is 2.63. The highest BCUT2D eigenvalue weighted by molar-refractivity contribution is 7.20. The summed E-state index contributed by atoms with van der Waals surface area (Å²) in [7, 11) is 0. The van der Waals surface area contributed by atoms with E-state index >= 15 is 0 Å².